The van der Waals surface area contributed by atoms with E-state index in [1.54, 1.807) is 19.1 Å². The highest BCUT2D eigenvalue weighted by Gasteiger charge is 2.37. The molecule has 36 heavy (non-hydrogen) atoms. The minimum atomic E-state index is -0.524. The quantitative estimate of drug-likeness (QED) is 0.511. The number of hydrogen-bond acceptors (Lipinski definition) is 7. The molecule has 2 aromatic carbocycles. The average molecular weight is 491 g/mol. The van der Waals surface area contributed by atoms with Gasteiger partial charge in [-0.1, -0.05) is 41.1 Å². The molecule has 9 heteroatoms. The molecule has 3 heterocycles. The molecule has 0 bridgehead atoms. The SMILES string of the molecule is COc1ccc(C2NC(=O)N(CC3CCCO3)C(C)=C2c2nc(-c3ccc(C)cc3)no2)cc1OC. The van der Waals surface area contributed by atoms with E-state index < -0.39 is 6.04 Å². The predicted molar refractivity (Wildman–Crippen MR) is 134 cm³/mol. The standard InChI is InChI=1S/C27H30N4O5/c1-16-7-9-18(10-8-16)25-29-26(36-30-25)23-17(2)31(15-20-6-5-13-35-20)27(32)28-24(23)19-11-12-21(33-3)22(14-19)34-4/h7-12,14,20,24H,5-6,13,15H2,1-4H3,(H,28,32). The van der Waals surface area contributed by atoms with Gasteiger partial charge in [0.2, 0.25) is 5.82 Å². The van der Waals surface area contributed by atoms with E-state index in [9.17, 15) is 4.79 Å². The maximum atomic E-state index is 13.3. The fourth-order valence-corrected chi connectivity index (χ4v) is 4.71. The second kappa shape index (κ2) is 10.0. The number of aryl methyl sites for hydroxylation is 1. The molecule has 0 aliphatic carbocycles. The van der Waals surface area contributed by atoms with E-state index in [2.05, 4.69) is 10.5 Å². The predicted octanol–water partition coefficient (Wildman–Crippen LogP) is 4.74. The smallest absolute Gasteiger partial charge is 0.322 e. The third kappa shape index (κ3) is 4.54. The first kappa shape index (κ1) is 23.9. The molecule has 0 radical (unpaired) electrons. The first-order chi connectivity index (χ1) is 17.5. The zero-order valence-corrected chi connectivity index (χ0v) is 20.9. The fourth-order valence-electron chi connectivity index (χ4n) is 4.71. The summed E-state index contributed by atoms with van der Waals surface area (Å²) in [7, 11) is 3.17. The van der Waals surface area contributed by atoms with Gasteiger partial charge >= 0.3 is 6.03 Å². The Balaban J connectivity index is 1.58. The van der Waals surface area contributed by atoms with Gasteiger partial charge in [-0.15, -0.1) is 0 Å². The third-order valence-corrected chi connectivity index (χ3v) is 6.71. The molecule has 1 aromatic heterocycles. The van der Waals surface area contributed by atoms with Gasteiger partial charge in [-0.2, -0.15) is 4.98 Å². The molecule has 188 valence electrons. The van der Waals surface area contributed by atoms with Crippen LogP contribution in [0.2, 0.25) is 0 Å². The van der Waals surface area contributed by atoms with E-state index in [-0.39, 0.29) is 12.1 Å². The number of benzene rings is 2. The molecule has 2 amide bonds. The summed E-state index contributed by atoms with van der Waals surface area (Å²) in [5.41, 5.74) is 4.28. The Morgan fingerprint density at radius 3 is 2.56 bits per heavy atom. The van der Waals surface area contributed by atoms with E-state index in [1.807, 2.05) is 56.3 Å². The monoisotopic (exact) mass is 490 g/mol. The number of rotatable bonds is 7. The molecule has 2 aliphatic heterocycles. The van der Waals surface area contributed by atoms with E-state index in [4.69, 9.17) is 23.7 Å². The Kier molecular flexibility index (Phi) is 6.65. The van der Waals surface area contributed by atoms with Gasteiger partial charge < -0.3 is 24.1 Å². The summed E-state index contributed by atoms with van der Waals surface area (Å²) in [5.74, 6) is 2.00. The first-order valence-corrected chi connectivity index (χ1v) is 12.0. The van der Waals surface area contributed by atoms with Crippen molar-refractivity contribution in [2.45, 2.75) is 38.8 Å². The van der Waals surface area contributed by atoms with Crippen molar-refractivity contribution in [2.75, 3.05) is 27.4 Å². The van der Waals surface area contributed by atoms with Crippen LogP contribution >= 0.6 is 0 Å². The summed E-state index contributed by atoms with van der Waals surface area (Å²) >= 11 is 0. The molecular weight excluding hydrogens is 460 g/mol. The van der Waals surface area contributed by atoms with E-state index in [0.717, 1.165) is 40.8 Å². The zero-order chi connectivity index (χ0) is 25.2. The second-order valence-electron chi connectivity index (χ2n) is 9.03. The normalized spacial score (nSPS) is 20.0. The lowest BCUT2D eigenvalue weighted by atomic mass is 9.94. The van der Waals surface area contributed by atoms with Crippen molar-refractivity contribution in [3.8, 4) is 22.9 Å². The number of hydrogen-bond donors (Lipinski definition) is 1. The molecule has 0 spiro atoms. The van der Waals surface area contributed by atoms with Crippen LogP contribution in [0.4, 0.5) is 4.79 Å². The number of urea groups is 1. The van der Waals surface area contributed by atoms with Gasteiger partial charge in [-0.25, -0.2) is 4.79 Å². The van der Waals surface area contributed by atoms with Gasteiger partial charge in [0.25, 0.3) is 5.89 Å². The highest BCUT2D eigenvalue weighted by Crippen LogP contribution is 2.40. The van der Waals surface area contributed by atoms with E-state index in [0.29, 0.717) is 36.4 Å². The lowest BCUT2D eigenvalue weighted by Gasteiger charge is -2.36. The molecule has 0 saturated carbocycles. The minimum Gasteiger partial charge on any atom is -0.493 e. The molecule has 1 fully saturated rings. The molecule has 3 aromatic rings. The van der Waals surface area contributed by atoms with Crippen LogP contribution in [0.1, 0.15) is 42.8 Å². The number of nitrogens with one attached hydrogen (secondary N) is 1. The van der Waals surface area contributed by atoms with E-state index >= 15 is 0 Å². The minimum absolute atomic E-state index is 0.00427. The number of carbonyl (C=O) groups excluding carboxylic acids is 1. The average Bonchev–Trinajstić information content (AvgIpc) is 3.59. The van der Waals surface area contributed by atoms with Crippen molar-refractivity contribution in [1.29, 1.82) is 0 Å². The van der Waals surface area contributed by atoms with Crippen molar-refractivity contribution in [2.24, 2.45) is 0 Å². The van der Waals surface area contributed by atoms with Gasteiger partial charge in [-0.3, -0.25) is 4.90 Å². The van der Waals surface area contributed by atoms with Crippen LogP contribution in [0.5, 0.6) is 11.5 Å². The van der Waals surface area contributed by atoms with Crippen LogP contribution in [0, 0.1) is 6.92 Å². The summed E-state index contributed by atoms with van der Waals surface area (Å²) in [6.07, 6.45) is 1.91. The summed E-state index contributed by atoms with van der Waals surface area (Å²) in [5, 5.41) is 7.37. The maximum absolute atomic E-state index is 13.3. The van der Waals surface area contributed by atoms with Gasteiger partial charge in [0.05, 0.1) is 38.5 Å². The first-order valence-electron chi connectivity index (χ1n) is 12.0. The van der Waals surface area contributed by atoms with Gasteiger partial charge in [0.1, 0.15) is 0 Å². The van der Waals surface area contributed by atoms with Crippen molar-refractivity contribution in [3.63, 3.8) is 0 Å². The number of methoxy groups -OCH3 is 2. The number of aromatic nitrogens is 2. The van der Waals surface area contributed by atoms with Crippen LogP contribution in [0.3, 0.4) is 0 Å². The topological polar surface area (TPSA) is 99.0 Å². The van der Waals surface area contributed by atoms with Crippen LogP contribution in [-0.4, -0.2) is 54.5 Å². The van der Waals surface area contributed by atoms with Crippen molar-refractivity contribution >= 4 is 11.6 Å². The van der Waals surface area contributed by atoms with Crippen molar-refractivity contribution in [3.05, 3.63) is 65.2 Å². The molecule has 1 N–H and O–H groups in total. The summed E-state index contributed by atoms with van der Waals surface area (Å²) < 4.78 is 22.5. The highest BCUT2D eigenvalue weighted by molar-refractivity contribution is 5.87. The van der Waals surface area contributed by atoms with Crippen molar-refractivity contribution in [1.82, 2.24) is 20.4 Å². The lowest BCUT2D eigenvalue weighted by molar-refractivity contribution is 0.0877. The Bertz CT molecular complexity index is 1280. The van der Waals surface area contributed by atoms with Gasteiger partial charge in [0.15, 0.2) is 11.5 Å². The Morgan fingerprint density at radius 2 is 1.86 bits per heavy atom. The molecule has 9 nitrogen and oxygen atoms in total. The molecule has 5 rings (SSSR count). The second-order valence-corrected chi connectivity index (χ2v) is 9.03. The third-order valence-electron chi connectivity index (χ3n) is 6.71. The number of ether oxygens (including phenoxy) is 3. The van der Waals surface area contributed by atoms with Crippen molar-refractivity contribution < 1.29 is 23.5 Å². The van der Waals surface area contributed by atoms with Gasteiger partial charge in [-0.05, 0) is 44.4 Å². The Morgan fingerprint density at radius 1 is 1.08 bits per heavy atom. The van der Waals surface area contributed by atoms with Crippen LogP contribution < -0.4 is 14.8 Å². The molecular formula is C27H30N4O5. The van der Waals surface area contributed by atoms with Gasteiger partial charge in [0, 0.05) is 17.9 Å². The lowest BCUT2D eigenvalue weighted by Crippen LogP contribution is -2.48. The van der Waals surface area contributed by atoms with Crippen LogP contribution in [0.25, 0.3) is 17.0 Å². The largest absolute Gasteiger partial charge is 0.493 e. The number of amides is 2. The van der Waals surface area contributed by atoms with E-state index in [1.165, 1.54) is 0 Å². The number of carbonyl (C=O) groups is 1. The summed E-state index contributed by atoms with van der Waals surface area (Å²) in [4.78, 5) is 19.7. The summed E-state index contributed by atoms with van der Waals surface area (Å²) in [6.45, 7) is 5.11. The highest BCUT2D eigenvalue weighted by atomic mass is 16.5. The summed E-state index contributed by atoms with van der Waals surface area (Å²) in [6, 6.07) is 12.8. The van der Waals surface area contributed by atoms with Crippen LogP contribution in [-0.2, 0) is 4.74 Å². The zero-order valence-electron chi connectivity index (χ0n) is 20.9. The molecule has 2 unspecified atom stereocenters. The maximum Gasteiger partial charge on any atom is 0.322 e. The fraction of sp³-hybridized carbons (Fsp3) is 0.370. The Labute approximate surface area is 210 Å². The van der Waals surface area contributed by atoms with Crippen LogP contribution in [0.15, 0.2) is 52.7 Å². The number of allylic oxidation sites excluding steroid dienone is 1. The Hall–Kier alpha value is -3.85. The number of nitrogens with zero attached hydrogens (tertiary/aromatic N) is 3. The molecule has 2 atom stereocenters. The molecule has 2 aliphatic rings. The molecule has 1 saturated heterocycles.